The van der Waals surface area contributed by atoms with E-state index in [1.165, 1.54) is 334 Å². The number of nitrogens with zero attached hydrogens (tertiary/aromatic N) is 1. The average Bonchev–Trinajstić information content (AvgIpc) is 3.70. The number of unbranched alkanes of at least 4 members (excludes halogenated alkanes) is 55. The Labute approximate surface area is 537 Å². The number of amides is 1. The Morgan fingerprint density at radius 1 is 0.384 bits per heavy atom. The number of phosphoric acid groups is 1. The minimum Gasteiger partial charge on any atom is -0.387 e. The molecule has 0 saturated carbocycles. The van der Waals surface area contributed by atoms with Crippen molar-refractivity contribution >= 4 is 13.7 Å². The third-order valence-electron chi connectivity index (χ3n) is 17.8. The molecule has 0 fully saturated rings. The summed E-state index contributed by atoms with van der Waals surface area (Å²) in [4.78, 5) is 23.5. The van der Waals surface area contributed by atoms with Crippen LogP contribution < -0.4 is 5.32 Å². The topological polar surface area (TPSA) is 105 Å². The van der Waals surface area contributed by atoms with E-state index in [0.717, 1.165) is 44.9 Å². The van der Waals surface area contributed by atoms with Gasteiger partial charge in [0, 0.05) is 6.42 Å². The number of hydrogen-bond donors (Lipinski definition) is 3. The minimum atomic E-state index is -4.37. The van der Waals surface area contributed by atoms with Crippen molar-refractivity contribution in [3.63, 3.8) is 0 Å². The Morgan fingerprint density at radius 2 is 0.640 bits per heavy atom. The van der Waals surface area contributed by atoms with Crippen molar-refractivity contribution in [3.05, 3.63) is 36.5 Å². The quantitative estimate of drug-likeness (QED) is 0.0243. The Hall–Kier alpha value is -1.28. The lowest BCUT2D eigenvalue weighted by molar-refractivity contribution is -0.870. The van der Waals surface area contributed by atoms with Gasteiger partial charge in [0.05, 0.1) is 39.9 Å². The van der Waals surface area contributed by atoms with Gasteiger partial charge in [0.2, 0.25) is 5.91 Å². The number of hydrogen-bond acceptors (Lipinski definition) is 5. The lowest BCUT2D eigenvalue weighted by Crippen LogP contribution is -2.45. The normalized spacial score (nSPS) is 13.7. The molecule has 0 radical (unpaired) electrons. The van der Waals surface area contributed by atoms with E-state index in [1.807, 2.05) is 27.2 Å². The van der Waals surface area contributed by atoms with Crippen LogP contribution in [-0.4, -0.2) is 73.4 Å². The van der Waals surface area contributed by atoms with Crippen molar-refractivity contribution in [2.75, 3.05) is 40.9 Å². The van der Waals surface area contributed by atoms with Crippen LogP contribution in [-0.2, 0) is 18.4 Å². The SMILES string of the molecule is CCCCCCCCCCCCCCCCCCCCCCCC/C=C/CC/C=C/CC/C=C/C(O)C(COP(=O)(O)OCC[N+](C)(C)C)NC(=O)CCCCCCCCCCCCCCCCCCCCCCCCCCCCCCCCCC. The van der Waals surface area contributed by atoms with Gasteiger partial charge < -0.3 is 19.8 Å². The van der Waals surface area contributed by atoms with E-state index in [4.69, 9.17) is 9.05 Å². The van der Waals surface area contributed by atoms with Crippen LogP contribution in [0.15, 0.2) is 36.5 Å². The van der Waals surface area contributed by atoms with Gasteiger partial charge in [-0.1, -0.05) is 384 Å². The molecule has 0 aliphatic carbocycles. The molecule has 0 saturated heterocycles. The molecule has 0 bridgehead atoms. The second kappa shape index (κ2) is 68.1. The first-order valence-electron chi connectivity index (χ1n) is 38.4. The van der Waals surface area contributed by atoms with E-state index in [0.29, 0.717) is 17.4 Å². The summed E-state index contributed by atoms with van der Waals surface area (Å²) in [5.41, 5.74) is 0. The maximum atomic E-state index is 13.1. The molecule has 8 nitrogen and oxygen atoms in total. The highest BCUT2D eigenvalue weighted by molar-refractivity contribution is 7.47. The van der Waals surface area contributed by atoms with Gasteiger partial charge in [0.25, 0.3) is 0 Å². The lowest BCUT2D eigenvalue weighted by Gasteiger charge is -2.25. The van der Waals surface area contributed by atoms with Gasteiger partial charge in [-0.3, -0.25) is 13.8 Å². The monoisotopic (exact) mass is 1230 g/mol. The van der Waals surface area contributed by atoms with Gasteiger partial charge in [-0.15, -0.1) is 0 Å². The van der Waals surface area contributed by atoms with Crippen LogP contribution in [0.25, 0.3) is 0 Å². The van der Waals surface area contributed by atoms with E-state index in [-0.39, 0.29) is 19.1 Å². The van der Waals surface area contributed by atoms with E-state index in [2.05, 4.69) is 43.5 Å². The molecule has 0 heterocycles. The van der Waals surface area contributed by atoms with Crippen molar-refractivity contribution in [1.29, 1.82) is 0 Å². The van der Waals surface area contributed by atoms with E-state index in [1.54, 1.807) is 6.08 Å². The molecule has 0 spiro atoms. The molecule has 9 heteroatoms. The zero-order chi connectivity index (χ0) is 62.6. The summed E-state index contributed by atoms with van der Waals surface area (Å²) in [6.07, 6.45) is 92.0. The molecule has 0 aromatic carbocycles. The second-order valence-electron chi connectivity index (χ2n) is 27.7. The van der Waals surface area contributed by atoms with Gasteiger partial charge in [-0.05, 0) is 44.9 Å². The van der Waals surface area contributed by atoms with Crippen LogP contribution in [0.1, 0.15) is 399 Å². The summed E-state index contributed by atoms with van der Waals surface area (Å²) < 4.78 is 23.8. The van der Waals surface area contributed by atoms with Crippen molar-refractivity contribution < 1.29 is 32.9 Å². The first-order chi connectivity index (χ1) is 42.0. The highest BCUT2D eigenvalue weighted by atomic mass is 31.2. The Kier molecular flexibility index (Phi) is 67.1. The number of allylic oxidation sites excluding steroid dienone is 5. The summed E-state index contributed by atoms with van der Waals surface area (Å²) in [5, 5.41) is 14.0. The van der Waals surface area contributed by atoms with Crippen LogP contribution in [0, 0.1) is 0 Å². The first-order valence-corrected chi connectivity index (χ1v) is 39.9. The Balaban J connectivity index is 4.03. The average molecular weight is 1230 g/mol. The highest BCUT2D eigenvalue weighted by Crippen LogP contribution is 2.43. The molecule has 3 atom stereocenters. The van der Waals surface area contributed by atoms with Gasteiger partial charge in [-0.25, -0.2) is 4.57 Å². The molecule has 0 aromatic rings. The predicted molar refractivity (Wildman–Crippen MR) is 378 cm³/mol. The molecule has 3 N–H and O–H groups in total. The third kappa shape index (κ3) is 70.2. The van der Waals surface area contributed by atoms with E-state index < -0.39 is 20.0 Å². The predicted octanol–water partition coefficient (Wildman–Crippen LogP) is 24.8. The first kappa shape index (κ1) is 84.7. The second-order valence-corrected chi connectivity index (χ2v) is 29.2. The van der Waals surface area contributed by atoms with E-state index in [9.17, 15) is 19.4 Å². The zero-order valence-electron chi connectivity index (χ0n) is 58.6. The number of likely N-dealkylation sites (N-methyl/N-ethyl adjacent to an activating group) is 1. The fourth-order valence-electron chi connectivity index (χ4n) is 11.9. The summed E-state index contributed by atoms with van der Waals surface area (Å²) in [6.45, 7) is 4.86. The number of aliphatic hydroxyl groups excluding tert-OH is 1. The van der Waals surface area contributed by atoms with Gasteiger partial charge >= 0.3 is 7.82 Å². The molecular formula is C77H152N2O6P+. The van der Waals surface area contributed by atoms with Crippen LogP contribution in [0.5, 0.6) is 0 Å². The maximum Gasteiger partial charge on any atom is 0.472 e. The molecule has 86 heavy (non-hydrogen) atoms. The van der Waals surface area contributed by atoms with Gasteiger partial charge in [0.15, 0.2) is 0 Å². The molecule has 0 aromatic heterocycles. The number of nitrogens with one attached hydrogen (secondary N) is 1. The number of phosphoric ester groups is 1. The Bertz CT molecular complexity index is 1500. The van der Waals surface area contributed by atoms with Crippen LogP contribution in [0.2, 0.25) is 0 Å². The number of carbonyl (C=O) groups is 1. The number of carbonyl (C=O) groups excluding carboxylic acids is 1. The number of rotatable bonds is 72. The fourth-order valence-corrected chi connectivity index (χ4v) is 12.6. The van der Waals surface area contributed by atoms with Crippen LogP contribution in [0.3, 0.4) is 0 Å². The van der Waals surface area contributed by atoms with Gasteiger partial charge in [-0.2, -0.15) is 0 Å². The largest absolute Gasteiger partial charge is 0.472 e. The van der Waals surface area contributed by atoms with Crippen molar-refractivity contribution in [1.82, 2.24) is 5.32 Å². The fraction of sp³-hybridized carbons (Fsp3) is 0.909. The van der Waals surface area contributed by atoms with E-state index >= 15 is 0 Å². The van der Waals surface area contributed by atoms with Crippen molar-refractivity contribution in [2.24, 2.45) is 0 Å². The molecule has 0 aliphatic rings. The summed E-state index contributed by atoms with van der Waals surface area (Å²) in [7, 11) is 1.56. The molecule has 510 valence electrons. The van der Waals surface area contributed by atoms with Crippen LogP contribution >= 0.6 is 7.82 Å². The molecule has 0 rings (SSSR count). The third-order valence-corrected chi connectivity index (χ3v) is 18.8. The zero-order valence-corrected chi connectivity index (χ0v) is 59.5. The summed E-state index contributed by atoms with van der Waals surface area (Å²) >= 11 is 0. The van der Waals surface area contributed by atoms with Crippen molar-refractivity contribution in [2.45, 2.75) is 411 Å². The molecule has 1 amide bonds. The standard InChI is InChI=1S/C77H151N2O6P/c1-6-8-10-12-14-16-18-20-22-24-26-28-30-32-34-36-38-40-42-44-46-48-50-52-54-56-58-60-62-64-66-68-70-76(80)75(74-85-86(82,83)84-73-72-79(3,4)5)78-77(81)71-69-67-65-63-61-59-57-55-53-51-49-47-45-43-41-39-37-35-33-31-29-27-25-23-21-19-17-15-13-11-9-7-2/h52,54,60,62,68,70,75-76,80H,6-51,53,55-59,61,63-67,69,71-74H2,1-5H3,(H-,78,81,82,83)/p+1/b54-52+,62-60+,70-68+. The highest BCUT2D eigenvalue weighted by Gasteiger charge is 2.28. The van der Waals surface area contributed by atoms with Crippen molar-refractivity contribution in [3.8, 4) is 0 Å². The summed E-state index contributed by atoms with van der Waals surface area (Å²) in [6, 6.07) is -0.870. The lowest BCUT2D eigenvalue weighted by atomic mass is 10.0. The number of quaternary nitrogens is 1. The van der Waals surface area contributed by atoms with Crippen LogP contribution in [0.4, 0.5) is 0 Å². The summed E-state index contributed by atoms with van der Waals surface area (Å²) in [5.74, 6) is -0.182. The molecule has 0 aliphatic heterocycles. The maximum absolute atomic E-state index is 13.1. The molecular weight excluding hydrogens is 1080 g/mol. The van der Waals surface area contributed by atoms with Gasteiger partial charge in [0.1, 0.15) is 13.2 Å². The molecule has 3 unspecified atom stereocenters. The smallest absolute Gasteiger partial charge is 0.387 e. The minimum absolute atomic E-state index is 0.0555. The number of aliphatic hydroxyl groups is 1. The Morgan fingerprint density at radius 3 is 0.930 bits per heavy atom.